The zero-order valence-corrected chi connectivity index (χ0v) is 10.5. The first-order valence-corrected chi connectivity index (χ1v) is 6.12. The van der Waals surface area contributed by atoms with Gasteiger partial charge in [0.2, 0.25) is 0 Å². The van der Waals surface area contributed by atoms with Crippen molar-refractivity contribution >= 4 is 16.5 Å². The molecule has 0 atom stereocenters. The van der Waals surface area contributed by atoms with Crippen molar-refractivity contribution in [2.45, 2.75) is 0 Å². The number of fused-ring (bicyclic) bond motifs is 1. The largest absolute Gasteiger partial charge is 0.507 e. The van der Waals surface area contributed by atoms with E-state index in [0.717, 1.165) is 21.9 Å². The maximum atomic E-state index is 10.6. The molecule has 0 amide bonds. The number of phenolic OH excluding ortho intramolecular Hbond substituents is 1. The van der Waals surface area contributed by atoms with Crippen molar-refractivity contribution in [3.63, 3.8) is 0 Å². The first-order valence-electron chi connectivity index (χ1n) is 6.12. The van der Waals surface area contributed by atoms with Gasteiger partial charge in [0.1, 0.15) is 5.75 Å². The fourth-order valence-electron chi connectivity index (χ4n) is 2.22. The summed E-state index contributed by atoms with van der Waals surface area (Å²) in [6.45, 7) is 0. The molecule has 0 unspecified atom stereocenters. The van der Waals surface area contributed by atoms with E-state index < -0.39 is 4.92 Å². The summed E-state index contributed by atoms with van der Waals surface area (Å²) in [6.07, 6.45) is 0. The number of nitrogens with zero attached hydrogens (tertiary/aromatic N) is 1. The molecule has 0 fully saturated rings. The van der Waals surface area contributed by atoms with Gasteiger partial charge in [0, 0.05) is 17.5 Å². The van der Waals surface area contributed by atoms with Crippen LogP contribution >= 0.6 is 0 Å². The molecule has 0 bridgehead atoms. The summed E-state index contributed by atoms with van der Waals surface area (Å²) in [5, 5.41) is 22.1. The van der Waals surface area contributed by atoms with Crippen LogP contribution in [0.4, 0.5) is 5.69 Å². The van der Waals surface area contributed by atoms with E-state index in [0.29, 0.717) is 0 Å². The molecule has 0 spiro atoms. The zero-order chi connectivity index (χ0) is 14.1. The van der Waals surface area contributed by atoms with Gasteiger partial charge in [-0.05, 0) is 40.8 Å². The Bertz CT molecular complexity index is 794. The van der Waals surface area contributed by atoms with Crippen LogP contribution in [-0.4, -0.2) is 10.0 Å². The van der Waals surface area contributed by atoms with Crippen LogP contribution in [0.25, 0.3) is 21.9 Å². The second kappa shape index (κ2) is 4.66. The topological polar surface area (TPSA) is 63.4 Å². The fraction of sp³-hybridized carbons (Fsp3) is 0. The molecule has 3 rings (SSSR count). The minimum atomic E-state index is -0.414. The molecule has 0 aliphatic carbocycles. The minimum absolute atomic E-state index is 0.0761. The van der Waals surface area contributed by atoms with Crippen LogP contribution in [0.5, 0.6) is 5.75 Å². The Kier molecular flexibility index (Phi) is 2.84. The predicted octanol–water partition coefficient (Wildman–Crippen LogP) is 4.12. The Morgan fingerprint density at radius 2 is 1.60 bits per heavy atom. The van der Waals surface area contributed by atoms with Gasteiger partial charge in [-0.25, -0.2) is 0 Å². The summed E-state index contributed by atoms with van der Waals surface area (Å²) in [4.78, 5) is 10.2. The lowest BCUT2D eigenvalue weighted by atomic mass is 10.0. The number of phenols is 1. The lowest BCUT2D eigenvalue weighted by Crippen LogP contribution is -1.87. The maximum Gasteiger partial charge on any atom is 0.269 e. The normalized spacial score (nSPS) is 10.6. The summed E-state index contributed by atoms with van der Waals surface area (Å²) >= 11 is 0. The Hall–Kier alpha value is -2.88. The van der Waals surface area contributed by atoms with Crippen molar-refractivity contribution in [3.05, 3.63) is 70.8 Å². The molecule has 98 valence electrons. The standard InChI is InChI=1S/C16H11NO3/c18-16-3-1-2-13-10-12(6-9-15(13)16)11-4-7-14(8-5-11)17(19)20/h1-10,18H. The van der Waals surface area contributed by atoms with E-state index in [2.05, 4.69) is 0 Å². The molecular weight excluding hydrogens is 254 g/mol. The van der Waals surface area contributed by atoms with Crippen molar-refractivity contribution in [3.8, 4) is 16.9 Å². The van der Waals surface area contributed by atoms with E-state index in [1.54, 1.807) is 24.3 Å². The van der Waals surface area contributed by atoms with Gasteiger partial charge in [0.05, 0.1) is 4.92 Å². The van der Waals surface area contributed by atoms with Gasteiger partial charge in [-0.2, -0.15) is 0 Å². The third-order valence-electron chi connectivity index (χ3n) is 3.27. The van der Waals surface area contributed by atoms with Crippen LogP contribution in [0, 0.1) is 10.1 Å². The number of benzene rings is 3. The summed E-state index contributed by atoms with van der Waals surface area (Å²) < 4.78 is 0. The molecule has 0 aliphatic heterocycles. The van der Waals surface area contributed by atoms with Crippen molar-refractivity contribution in [1.82, 2.24) is 0 Å². The van der Waals surface area contributed by atoms with Gasteiger partial charge in [-0.1, -0.05) is 24.3 Å². The van der Waals surface area contributed by atoms with Gasteiger partial charge < -0.3 is 5.11 Å². The second-order valence-corrected chi connectivity index (χ2v) is 4.52. The number of nitro groups is 1. The third-order valence-corrected chi connectivity index (χ3v) is 3.27. The molecule has 0 aliphatic rings. The molecule has 0 saturated heterocycles. The Morgan fingerprint density at radius 1 is 0.900 bits per heavy atom. The molecule has 0 saturated carbocycles. The monoisotopic (exact) mass is 265 g/mol. The lowest BCUT2D eigenvalue weighted by molar-refractivity contribution is -0.384. The average Bonchev–Trinajstić information content (AvgIpc) is 2.47. The highest BCUT2D eigenvalue weighted by molar-refractivity contribution is 5.91. The molecular formula is C16H11NO3. The maximum absolute atomic E-state index is 10.6. The predicted molar refractivity (Wildman–Crippen MR) is 77.7 cm³/mol. The highest BCUT2D eigenvalue weighted by Crippen LogP contribution is 2.29. The van der Waals surface area contributed by atoms with E-state index >= 15 is 0 Å². The summed E-state index contributed by atoms with van der Waals surface area (Å²) in [7, 11) is 0. The van der Waals surface area contributed by atoms with Crippen LogP contribution in [0.3, 0.4) is 0 Å². The number of non-ortho nitro benzene ring substituents is 1. The van der Waals surface area contributed by atoms with E-state index in [4.69, 9.17) is 0 Å². The van der Waals surface area contributed by atoms with Crippen molar-refractivity contribution in [2.24, 2.45) is 0 Å². The second-order valence-electron chi connectivity index (χ2n) is 4.52. The smallest absolute Gasteiger partial charge is 0.269 e. The highest BCUT2D eigenvalue weighted by Gasteiger charge is 2.06. The number of nitro benzene ring substituents is 1. The Labute approximate surface area is 115 Å². The van der Waals surface area contributed by atoms with E-state index in [9.17, 15) is 15.2 Å². The Morgan fingerprint density at radius 3 is 2.30 bits per heavy atom. The Balaban J connectivity index is 2.08. The number of aromatic hydroxyl groups is 1. The molecule has 0 heterocycles. The zero-order valence-electron chi connectivity index (χ0n) is 10.5. The number of hydrogen-bond donors (Lipinski definition) is 1. The fourth-order valence-corrected chi connectivity index (χ4v) is 2.22. The van der Waals surface area contributed by atoms with E-state index in [1.807, 2.05) is 24.3 Å². The summed E-state index contributed by atoms with van der Waals surface area (Å²) in [5.74, 6) is 0.248. The van der Waals surface area contributed by atoms with Gasteiger partial charge in [-0.15, -0.1) is 0 Å². The summed E-state index contributed by atoms with van der Waals surface area (Å²) in [5.41, 5.74) is 1.94. The molecule has 0 aromatic heterocycles. The number of hydrogen-bond acceptors (Lipinski definition) is 3. The van der Waals surface area contributed by atoms with Crippen molar-refractivity contribution in [1.29, 1.82) is 0 Å². The molecule has 4 heteroatoms. The van der Waals surface area contributed by atoms with Crippen LogP contribution < -0.4 is 0 Å². The minimum Gasteiger partial charge on any atom is -0.507 e. The molecule has 3 aromatic carbocycles. The molecule has 4 nitrogen and oxygen atoms in total. The van der Waals surface area contributed by atoms with Gasteiger partial charge >= 0.3 is 0 Å². The van der Waals surface area contributed by atoms with Crippen LogP contribution in [0.15, 0.2) is 60.7 Å². The third kappa shape index (κ3) is 2.07. The first kappa shape index (κ1) is 12.2. The number of rotatable bonds is 2. The molecule has 0 radical (unpaired) electrons. The van der Waals surface area contributed by atoms with Crippen LogP contribution in [-0.2, 0) is 0 Å². The molecule has 20 heavy (non-hydrogen) atoms. The van der Waals surface area contributed by atoms with E-state index in [1.165, 1.54) is 12.1 Å². The highest BCUT2D eigenvalue weighted by atomic mass is 16.6. The van der Waals surface area contributed by atoms with Crippen LogP contribution in [0.2, 0.25) is 0 Å². The van der Waals surface area contributed by atoms with Gasteiger partial charge in [0.15, 0.2) is 0 Å². The lowest BCUT2D eigenvalue weighted by Gasteiger charge is -2.05. The van der Waals surface area contributed by atoms with Crippen LogP contribution in [0.1, 0.15) is 0 Å². The SMILES string of the molecule is O=[N+]([O-])c1ccc(-c2ccc3c(O)cccc3c2)cc1. The van der Waals surface area contributed by atoms with Crippen molar-refractivity contribution in [2.75, 3.05) is 0 Å². The van der Waals surface area contributed by atoms with Gasteiger partial charge in [-0.3, -0.25) is 10.1 Å². The molecule has 3 aromatic rings. The summed E-state index contributed by atoms with van der Waals surface area (Å²) in [6, 6.07) is 17.5. The van der Waals surface area contributed by atoms with Gasteiger partial charge in [0.25, 0.3) is 5.69 Å². The quantitative estimate of drug-likeness (QED) is 0.560. The van der Waals surface area contributed by atoms with E-state index in [-0.39, 0.29) is 11.4 Å². The average molecular weight is 265 g/mol. The molecule has 1 N–H and O–H groups in total. The van der Waals surface area contributed by atoms with Crippen molar-refractivity contribution < 1.29 is 10.0 Å². The first-order chi connectivity index (χ1) is 9.65.